The molecular formula is C8H6N4S. The Morgan fingerprint density at radius 1 is 1.54 bits per heavy atom. The third-order valence-corrected chi connectivity index (χ3v) is 2.59. The van der Waals surface area contributed by atoms with Gasteiger partial charge in [-0.05, 0) is 24.6 Å². The molecule has 2 aromatic rings. The van der Waals surface area contributed by atoms with E-state index in [1.807, 2.05) is 13.0 Å². The number of azide groups is 1. The summed E-state index contributed by atoms with van der Waals surface area (Å²) in [6.45, 7) is 1.96. The van der Waals surface area contributed by atoms with Crippen molar-refractivity contribution >= 4 is 27.2 Å². The van der Waals surface area contributed by atoms with E-state index in [0.29, 0.717) is 5.69 Å². The van der Waals surface area contributed by atoms with Gasteiger partial charge < -0.3 is 0 Å². The molecule has 1 aromatic carbocycles. The minimum Gasteiger partial charge on any atom is -0.242 e. The second-order valence-electron chi connectivity index (χ2n) is 2.57. The topological polar surface area (TPSA) is 61.7 Å². The van der Waals surface area contributed by atoms with Gasteiger partial charge in [0.1, 0.15) is 0 Å². The molecule has 0 spiro atoms. The zero-order chi connectivity index (χ0) is 9.26. The summed E-state index contributed by atoms with van der Waals surface area (Å²) in [7, 11) is 0. The first kappa shape index (κ1) is 8.04. The fourth-order valence-electron chi connectivity index (χ4n) is 1.14. The fourth-order valence-corrected chi connectivity index (χ4v) is 1.95. The number of fused-ring (bicyclic) bond motifs is 1. The van der Waals surface area contributed by atoms with Crippen LogP contribution in [0.25, 0.3) is 20.7 Å². The molecule has 0 fully saturated rings. The number of hydrogen-bond acceptors (Lipinski definition) is 3. The summed E-state index contributed by atoms with van der Waals surface area (Å²) in [4.78, 5) is 7.01. The Hall–Kier alpha value is -1.58. The molecule has 0 radical (unpaired) electrons. The van der Waals surface area contributed by atoms with Crippen molar-refractivity contribution in [2.24, 2.45) is 5.11 Å². The monoisotopic (exact) mass is 190 g/mol. The lowest BCUT2D eigenvalue weighted by Gasteiger charge is -1.89. The van der Waals surface area contributed by atoms with E-state index in [-0.39, 0.29) is 0 Å². The molecule has 1 heterocycles. The minimum atomic E-state index is 0.611. The second kappa shape index (κ2) is 3.05. The van der Waals surface area contributed by atoms with E-state index >= 15 is 0 Å². The van der Waals surface area contributed by atoms with Gasteiger partial charge in [0.15, 0.2) is 0 Å². The van der Waals surface area contributed by atoms with Gasteiger partial charge in [-0.15, -0.1) is 11.3 Å². The van der Waals surface area contributed by atoms with Crippen molar-refractivity contribution < 1.29 is 0 Å². The highest BCUT2D eigenvalue weighted by molar-refractivity contribution is 7.18. The largest absolute Gasteiger partial charge is 0.242 e. The van der Waals surface area contributed by atoms with Crippen LogP contribution in [0.4, 0.5) is 5.69 Å². The summed E-state index contributed by atoms with van der Waals surface area (Å²) >= 11 is 1.63. The molecule has 0 unspecified atom stereocenters. The Morgan fingerprint density at radius 2 is 2.38 bits per heavy atom. The van der Waals surface area contributed by atoms with Crippen molar-refractivity contribution in [3.63, 3.8) is 0 Å². The Kier molecular flexibility index (Phi) is 1.88. The summed E-state index contributed by atoms with van der Waals surface area (Å²) in [5, 5.41) is 4.53. The number of thiazole rings is 1. The lowest BCUT2D eigenvalue weighted by atomic mass is 10.3. The van der Waals surface area contributed by atoms with Crippen LogP contribution in [-0.4, -0.2) is 4.98 Å². The smallest absolute Gasteiger partial charge is 0.0907 e. The molecule has 4 nitrogen and oxygen atoms in total. The van der Waals surface area contributed by atoms with Crippen LogP contribution in [-0.2, 0) is 0 Å². The number of nitrogens with zero attached hydrogens (tertiary/aromatic N) is 4. The maximum atomic E-state index is 8.24. The molecular weight excluding hydrogens is 184 g/mol. The van der Waals surface area contributed by atoms with Crippen molar-refractivity contribution in [3.05, 3.63) is 33.6 Å². The molecule has 5 heteroatoms. The molecule has 0 bridgehead atoms. The van der Waals surface area contributed by atoms with Crippen LogP contribution in [0, 0.1) is 6.92 Å². The van der Waals surface area contributed by atoms with Gasteiger partial charge in [0.25, 0.3) is 0 Å². The number of aryl methyl sites for hydroxylation is 1. The van der Waals surface area contributed by atoms with Gasteiger partial charge in [0.2, 0.25) is 0 Å². The van der Waals surface area contributed by atoms with Crippen LogP contribution in [0.1, 0.15) is 5.01 Å². The Labute approximate surface area is 78.5 Å². The molecule has 0 N–H and O–H groups in total. The highest BCUT2D eigenvalue weighted by Crippen LogP contribution is 2.25. The third kappa shape index (κ3) is 1.47. The Balaban J connectivity index is 2.67. The number of rotatable bonds is 1. The lowest BCUT2D eigenvalue weighted by Crippen LogP contribution is -1.67. The second-order valence-corrected chi connectivity index (χ2v) is 3.81. The first-order valence-corrected chi connectivity index (χ1v) is 4.53. The lowest BCUT2D eigenvalue weighted by molar-refractivity contribution is 1.34. The van der Waals surface area contributed by atoms with Crippen LogP contribution in [0.5, 0.6) is 0 Å². The Morgan fingerprint density at radius 3 is 3.15 bits per heavy atom. The van der Waals surface area contributed by atoms with Gasteiger partial charge in [-0.25, -0.2) is 4.98 Å². The summed E-state index contributed by atoms with van der Waals surface area (Å²) in [6, 6.07) is 5.50. The maximum Gasteiger partial charge on any atom is 0.0907 e. The van der Waals surface area contributed by atoms with Gasteiger partial charge in [0.05, 0.1) is 15.2 Å². The first-order chi connectivity index (χ1) is 6.29. The van der Waals surface area contributed by atoms with Gasteiger partial charge in [0, 0.05) is 10.6 Å². The van der Waals surface area contributed by atoms with Crippen molar-refractivity contribution in [2.45, 2.75) is 6.92 Å². The van der Waals surface area contributed by atoms with E-state index in [4.69, 9.17) is 5.53 Å². The van der Waals surface area contributed by atoms with E-state index < -0.39 is 0 Å². The quantitative estimate of drug-likeness (QED) is 0.385. The molecule has 0 amide bonds. The first-order valence-electron chi connectivity index (χ1n) is 3.72. The molecule has 0 saturated heterocycles. The van der Waals surface area contributed by atoms with Crippen molar-refractivity contribution in [1.29, 1.82) is 0 Å². The normalized spacial score (nSPS) is 9.92. The number of aromatic nitrogens is 1. The molecule has 0 atom stereocenters. The summed E-state index contributed by atoms with van der Waals surface area (Å²) in [5.41, 5.74) is 9.74. The maximum absolute atomic E-state index is 8.24. The van der Waals surface area contributed by atoms with Crippen LogP contribution in [0.3, 0.4) is 0 Å². The number of hydrogen-bond donors (Lipinski definition) is 0. The van der Waals surface area contributed by atoms with E-state index in [2.05, 4.69) is 15.0 Å². The molecule has 2 rings (SSSR count). The highest BCUT2D eigenvalue weighted by atomic mass is 32.1. The van der Waals surface area contributed by atoms with Gasteiger partial charge >= 0.3 is 0 Å². The van der Waals surface area contributed by atoms with Gasteiger partial charge in [-0.1, -0.05) is 11.2 Å². The van der Waals surface area contributed by atoms with Crippen molar-refractivity contribution in [2.75, 3.05) is 0 Å². The van der Waals surface area contributed by atoms with Crippen LogP contribution >= 0.6 is 11.3 Å². The number of benzene rings is 1. The van der Waals surface area contributed by atoms with E-state index in [1.54, 1.807) is 23.5 Å². The highest BCUT2D eigenvalue weighted by Gasteiger charge is 1.99. The summed E-state index contributed by atoms with van der Waals surface area (Å²) in [5.74, 6) is 0. The standard InChI is InChI=1S/C8H6N4S/c1-5-10-7-4-6(11-12-9)2-3-8(7)13-5/h2-4H,1H3. The molecule has 64 valence electrons. The Bertz CT molecular complexity index is 496. The fraction of sp³-hybridized carbons (Fsp3) is 0.125. The average molecular weight is 190 g/mol. The zero-order valence-corrected chi connectivity index (χ0v) is 7.75. The van der Waals surface area contributed by atoms with E-state index in [0.717, 1.165) is 15.2 Å². The van der Waals surface area contributed by atoms with E-state index in [9.17, 15) is 0 Å². The van der Waals surface area contributed by atoms with Crippen LogP contribution in [0.15, 0.2) is 23.3 Å². The van der Waals surface area contributed by atoms with Gasteiger partial charge in [-0.3, -0.25) is 0 Å². The molecule has 0 saturated carbocycles. The summed E-state index contributed by atoms with van der Waals surface area (Å²) in [6.07, 6.45) is 0. The van der Waals surface area contributed by atoms with Crippen molar-refractivity contribution in [1.82, 2.24) is 4.98 Å². The molecule has 0 aliphatic heterocycles. The summed E-state index contributed by atoms with van der Waals surface area (Å²) < 4.78 is 1.12. The van der Waals surface area contributed by atoms with Gasteiger partial charge in [-0.2, -0.15) is 0 Å². The average Bonchev–Trinajstić information content (AvgIpc) is 2.44. The van der Waals surface area contributed by atoms with Crippen molar-refractivity contribution in [3.8, 4) is 0 Å². The third-order valence-electron chi connectivity index (χ3n) is 1.64. The predicted octanol–water partition coefficient (Wildman–Crippen LogP) is 3.55. The minimum absolute atomic E-state index is 0.611. The SMILES string of the molecule is Cc1nc2cc(N=[N+]=[N-])ccc2s1. The molecule has 13 heavy (non-hydrogen) atoms. The zero-order valence-electron chi connectivity index (χ0n) is 6.93. The van der Waals surface area contributed by atoms with E-state index in [1.165, 1.54) is 0 Å². The molecule has 0 aliphatic carbocycles. The predicted molar refractivity (Wildman–Crippen MR) is 53.2 cm³/mol. The van der Waals surface area contributed by atoms with Crippen LogP contribution < -0.4 is 0 Å². The molecule has 0 aliphatic rings. The van der Waals surface area contributed by atoms with Crippen LogP contribution in [0.2, 0.25) is 0 Å². The molecule has 1 aromatic heterocycles.